The minimum absolute atomic E-state index is 0.331. The third kappa shape index (κ3) is 6.63. The van der Waals surface area contributed by atoms with Crippen LogP contribution >= 0.6 is 23.6 Å². The molecule has 8 heteroatoms. The van der Waals surface area contributed by atoms with Crippen LogP contribution in [0.3, 0.4) is 0 Å². The number of esters is 1. The monoisotopic (exact) mass is 456 g/mol. The van der Waals surface area contributed by atoms with Crippen molar-refractivity contribution in [2.24, 2.45) is 0 Å². The van der Waals surface area contributed by atoms with Crippen LogP contribution in [0.15, 0.2) is 42.5 Å². The number of ether oxygens (including phenoxy) is 1. The first-order valence-corrected chi connectivity index (χ1v) is 11.6. The number of carbonyl (C=O) groups excluding carboxylic acids is 1. The summed E-state index contributed by atoms with van der Waals surface area (Å²) in [5.41, 5.74) is 3.89. The lowest BCUT2D eigenvalue weighted by Crippen LogP contribution is -2.30. The first-order chi connectivity index (χ1) is 15.0. The van der Waals surface area contributed by atoms with E-state index in [2.05, 4.69) is 40.9 Å². The molecule has 0 saturated carbocycles. The molecule has 0 aliphatic rings. The molecule has 0 amide bonds. The fraction of sp³-hybridized carbons (Fsp3) is 0.348. The molecule has 0 aliphatic heterocycles. The molecular formula is C23H28N4O2S2. The molecule has 164 valence electrons. The standard InChI is InChI=1S/C23H28N4O2S2/c1-4-29-22(28)20-15-19(14-18-9-6-5-7-10-18)31-21(20)25-23(30)24-11-8-12-27-17(3)13-16(2)26-27/h5-7,9-10,13,15H,4,8,11-12,14H2,1-3H3,(H2,24,25,30). The maximum absolute atomic E-state index is 12.4. The molecule has 0 atom stereocenters. The zero-order valence-electron chi connectivity index (χ0n) is 18.1. The zero-order chi connectivity index (χ0) is 22.2. The highest BCUT2D eigenvalue weighted by molar-refractivity contribution is 7.80. The van der Waals surface area contributed by atoms with E-state index in [1.54, 1.807) is 6.92 Å². The van der Waals surface area contributed by atoms with Gasteiger partial charge in [0.2, 0.25) is 0 Å². The van der Waals surface area contributed by atoms with Crippen LogP contribution in [0.2, 0.25) is 0 Å². The summed E-state index contributed by atoms with van der Waals surface area (Å²) in [4.78, 5) is 13.5. The van der Waals surface area contributed by atoms with Crippen molar-refractivity contribution >= 4 is 39.6 Å². The molecular weight excluding hydrogens is 428 g/mol. The second kappa shape index (κ2) is 11.1. The van der Waals surface area contributed by atoms with Gasteiger partial charge >= 0.3 is 5.97 Å². The van der Waals surface area contributed by atoms with E-state index < -0.39 is 0 Å². The number of carbonyl (C=O) groups is 1. The van der Waals surface area contributed by atoms with E-state index in [-0.39, 0.29) is 5.97 Å². The smallest absolute Gasteiger partial charge is 0.341 e. The summed E-state index contributed by atoms with van der Waals surface area (Å²) in [6.07, 6.45) is 1.64. The van der Waals surface area contributed by atoms with Crippen LogP contribution < -0.4 is 10.6 Å². The van der Waals surface area contributed by atoms with E-state index in [9.17, 15) is 4.79 Å². The molecule has 2 heterocycles. The largest absolute Gasteiger partial charge is 0.462 e. The van der Waals surface area contributed by atoms with Gasteiger partial charge in [0.15, 0.2) is 5.11 Å². The number of hydrogen-bond acceptors (Lipinski definition) is 5. The van der Waals surface area contributed by atoms with Gasteiger partial charge in [-0.3, -0.25) is 4.68 Å². The third-order valence-corrected chi connectivity index (χ3v) is 5.96. The fourth-order valence-corrected chi connectivity index (χ4v) is 4.61. The summed E-state index contributed by atoms with van der Waals surface area (Å²) in [5.74, 6) is -0.340. The molecule has 2 N–H and O–H groups in total. The Kier molecular flexibility index (Phi) is 8.20. The molecule has 0 spiro atoms. The lowest BCUT2D eigenvalue weighted by atomic mass is 10.1. The number of benzene rings is 1. The van der Waals surface area contributed by atoms with E-state index in [0.717, 1.165) is 35.7 Å². The number of thiophene rings is 1. The van der Waals surface area contributed by atoms with Gasteiger partial charge in [-0.2, -0.15) is 5.10 Å². The van der Waals surface area contributed by atoms with Crippen LogP contribution in [0.1, 0.15) is 45.5 Å². The highest BCUT2D eigenvalue weighted by Crippen LogP contribution is 2.30. The Morgan fingerprint density at radius 1 is 1.23 bits per heavy atom. The summed E-state index contributed by atoms with van der Waals surface area (Å²) in [6.45, 7) is 7.72. The van der Waals surface area contributed by atoms with Crippen molar-refractivity contribution in [3.05, 3.63) is 69.9 Å². The molecule has 3 rings (SSSR count). The second-order valence-corrected chi connectivity index (χ2v) is 8.77. The minimum atomic E-state index is -0.340. The Morgan fingerprint density at radius 2 is 2.00 bits per heavy atom. The topological polar surface area (TPSA) is 68.2 Å². The molecule has 0 aliphatic carbocycles. The van der Waals surface area contributed by atoms with E-state index >= 15 is 0 Å². The van der Waals surface area contributed by atoms with Gasteiger partial charge in [0, 0.05) is 30.1 Å². The lowest BCUT2D eigenvalue weighted by molar-refractivity contribution is 0.0528. The Labute approximate surface area is 192 Å². The normalized spacial score (nSPS) is 10.7. The zero-order valence-corrected chi connectivity index (χ0v) is 19.7. The third-order valence-electron chi connectivity index (χ3n) is 4.66. The van der Waals surface area contributed by atoms with Crippen molar-refractivity contribution < 1.29 is 9.53 Å². The first kappa shape index (κ1) is 23.0. The molecule has 3 aromatic rings. The highest BCUT2D eigenvalue weighted by Gasteiger charge is 2.18. The molecule has 0 bridgehead atoms. The first-order valence-electron chi connectivity index (χ1n) is 10.4. The summed E-state index contributed by atoms with van der Waals surface area (Å²) in [7, 11) is 0. The van der Waals surface area contributed by atoms with Crippen molar-refractivity contribution in [3.63, 3.8) is 0 Å². The fourth-order valence-electron chi connectivity index (χ4n) is 3.26. The maximum atomic E-state index is 12.4. The molecule has 0 radical (unpaired) electrons. The Bertz CT molecular complexity index is 1030. The van der Waals surface area contributed by atoms with Crippen molar-refractivity contribution in [3.8, 4) is 0 Å². The second-order valence-electron chi connectivity index (χ2n) is 7.22. The summed E-state index contributed by atoms with van der Waals surface area (Å²) in [6, 6.07) is 14.1. The van der Waals surface area contributed by atoms with Crippen molar-refractivity contribution in [1.82, 2.24) is 15.1 Å². The Morgan fingerprint density at radius 3 is 2.68 bits per heavy atom. The number of nitrogens with zero attached hydrogens (tertiary/aromatic N) is 2. The van der Waals surface area contributed by atoms with Crippen LogP contribution in [0, 0.1) is 13.8 Å². The number of aryl methyl sites for hydroxylation is 3. The average molecular weight is 457 g/mol. The quantitative estimate of drug-likeness (QED) is 0.276. The van der Waals surface area contributed by atoms with E-state index in [1.807, 2.05) is 35.9 Å². The lowest BCUT2D eigenvalue weighted by Gasteiger charge is -2.11. The molecule has 31 heavy (non-hydrogen) atoms. The molecule has 2 aromatic heterocycles. The number of thiocarbonyl (C=S) groups is 1. The van der Waals surface area contributed by atoms with Gasteiger partial charge < -0.3 is 15.4 Å². The highest BCUT2D eigenvalue weighted by atomic mass is 32.1. The number of aromatic nitrogens is 2. The van der Waals surface area contributed by atoms with Crippen molar-refractivity contribution in [1.29, 1.82) is 0 Å². The van der Waals surface area contributed by atoms with Gasteiger partial charge in [-0.25, -0.2) is 4.79 Å². The SMILES string of the molecule is CCOC(=O)c1cc(Cc2ccccc2)sc1NC(=S)NCCCn1nc(C)cc1C. The van der Waals surface area contributed by atoms with Gasteiger partial charge in [0.25, 0.3) is 0 Å². The Hall–Kier alpha value is -2.71. The molecule has 0 saturated heterocycles. The van der Waals surface area contributed by atoms with Gasteiger partial charge in [-0.15, -0.1) is 11.3 Å². The predicted octanol–water partition coefficient (Wildman–Crippen LogP) is 4.71. The van der Waals surface area contributed by atoms with Crippen molar-refractivity contribution in [2.45, 2.75) is 40.2 Å². The van der Waals surface area contributed by atoms with E-state index in [4.69, 9.17) is 17.0 Å². The molecule has 6 nitrogen and oxygen atoms in total. The number of hydrogen-bond donors (Lipinski definition) is 2. The summed E-state index contributed by atoms with van der Waals surface area (Å²) in [5, 5.41) is 12.1. The minimum Gasteiger partial charge on any atom is -0.462 e. The van der Waals surface area contributed by atoms with Crippen LogP contribution in [0.25, 0.3) is 0 Å². The average Bonchev–Trinajstić information content (AvgIpc) is 3.28. The van der Waals surface area contributed by atoms with Gasteiger partial charge in [0.1, 0.15) is 5.00 Å². The van der Waals surface area contributed by atoms with Crippen LogP contribution in [0.5, 0.6) is 0 Å². The van der Waals surface area contributed by atoms with Crippen LogP contribution in [-0.4, -0.2) is 34.0 Å². The van der Waals surface area contributed by atoms with Crippen LogP contribution in [0.4, 0.5) is 5.00 Å². The number of nitrogens with one attached hydrogen (secondary N) is 2. The van der Waals surface area contributed by atoms with E-state index in [0.29, 0.717) is 28.8 Å². The summed E-state index contributed by atoms with van der Waals surface area (Å²) >= 11 is 6.98. The van der Waals surface area contributed by atoms with Crippen molar-refractivity contribution in [2.75, 3.05) is 18.5 Å². The van der Waals surface area contributed by atoms with Gasteiger partial charge in [0.05, 0.1) is 17.9 Å². The van der Waals surface area contributed by atoms with Crippen LogP contribution in [-0.2, 0) is 17.7 Å². The predicted molar refractivity (Wildman–Crippen MR) is 130 cm³/mol. The van der Waals surface area contributed by atoms with E-state index in [1.165, 1.54) is 16.9 Å². The Balaban J connectivity index is 1.59. The number of rotatable bonds is 9. The van der Waals surface area contributed by atoms with Gasteiger partial charge in [-0.05, 0) is 57.1 Å². The molecule has 0 unspecified atom stereocenters. The number of anilines is 1. The molecule has 0 fully saturated rings. The maximum Gasteiger partial charge on any atom is 0.341 e. The molecule has 1 aromatic carbocycles. The van der Waals surface area contributed by atoms with Gasteiger partial charge in [-0.1, -0.05) is 30.3 Å². The summed E-state index contributed by atoms with van der Waals surface area (Å²) < 4.78 is 7.23.